The summed E-state index contributed by atoms with van der Waals surface area (Å²) in [5, 5.41) is 11.5. The lowest BCUT2D eigenvalue weighted by Crippen LogP contribution is -2.34. The Morgan fingerprint density at radius 3 is 2.89 bits per heavy atom. The van der Waals surface area contributed by atoms with Crippen molar-refractivity contribution in [1.29, 1.82) is 5.26 Å². The highest BCUT2D eigenvalue weighted by molar-refractivity contribution is 5.89. The first-order valence-electron chi connectivity index (χ1n) is 6.21. The summed E-state index contributed by atoms with van der Waals surface area (Å²) in [6.07, 6.45) is 1.89. The number of benzene rings is 1. The number of nitrogens with zero attached hydrogens (tertiary/aromatic N) is 1. The van der Waals surface area contributed by atoms with Gasteiger partial charge in [0.2, 0.25) is 0 Å². The molecule has 0 radical (unpaired) electrons. The van der Waals surface area contributed by atoms with E-state index in [2.05, 4.69) is 11.4 Å². The maximum Gasteiger partial charge on any atom is 0.412 e. The third-order valence-electron chi connectivity index (χ3n) is 3.24. The molecule has 0 bridgehead atoms. The molecule has 4 nitrogen and oxygen atoms in total. The van der Waals surface area contributed by atoms with Crippen molar-refractivity contribution in [2.75, 3.05) is 5.32 Å². The van der Waals surface area contributed by atoms with E-state index in [0.717, 1.165) is 28.8 Å². The molecule has 2 rings (SSSR count). The Kier molecular flexibility index (Phi) is 3.30. The zero-order valence-corrected chi connectivity index (χ0v) is 11.3. The van der Waals surface area contributed by atoms with E-state index in [1.165, 1.54) is 0 Å². The highest BCUT2D eigenvalue weighted by atomic mass is 16.6. The van der Waals surface area contributed by atoms with Crippen molar-refractivity contribution >= 4 is 17.4 Å². The minimum Gasteiger partial charge on any atom is -0.438 e. The van der Waals surface area contributed by atoms with Gasteiger partial charge in [-0.3, -0.25) is 5.32 Å². The quantitative estimate of drug-likeness (QED) is 0.818. The van der Waals surface area contributed by atoms with Crippen molar-refractivity contribution in [2.45, 2.75) is 32.8 Å². The number of carbonyl (C=O) groups is 1. The van der Waals surface area contributed by atoms with Crippen LogP contribution < -0.4 is 5.32 Å². The van der Waals surface area contributed by atoms with Gasteiger partial charge in [-0.15, -0.1) is 0 Å². The van der Waals surface area contributed by atoms with Crippen LogP contribution in [0, 0.1) is 11.3 Å². The molecule has 1 aliphatic heterocycles. The largest absolute Gasteiger partial charge is 0.438 e. The van der Waals surface area contributed by atoms with Gasteiger partial charge in [-0.1, -0.05) is 13.0 Å². The average molecular weight is 256 g/mol. The van der Waals surface area contributed by atoms with Gasteiger partial charge < -0.3 is 4.74 Å². The number of hydrogen-bond acceptors (Lipinski definition) is 3. The van der Waals surface area contributed by atoms with E-state index in [0.29, 0.717) is 0 Å². The van der Waals surface area contributed by atoms with Gasteiger partial charge in [0.1, 0.15) is 5.60 Å². The monoisotopic (exact) mass is 256 g/mol. The number of anilines is 1. The Hall–Kier alpha value is -2.28. The number of rotatable bonds is 2. The van der Waals surface area contributed by atoms with Gasteiger partial charge in [-0.2, -0.15) is 5.26 Å². The topological polar surface area (TPSA) is 62.1 Å². The van der Waals surface area contributed by atoms with Gasteiger partial charge in [-0.25, -0.2) is 4.79 Å². The molecule has 4 heteroatoms. The van der Waals surface area contributed by atoms with E-state index in [4.69, 9.17) is 10.00 Å². The van der Waals surface area contributed by atoms with Crippen molar-refractivity contribution in [3.05, 3.63) is 35.4 Å². The van der Waals surface area contributed by atoms with E-state index in [1.807, 2.05) is 39.0 Å². The van der Waals surface area contributed by atoms with Crippen molar-refractivity contribution in [2.24, 2.45) is 0 Å². The van der Waals surface area contributed by atoms with Crippen molar-refractivity contribution in [3.8, 4) is 6.07 Å². The van der Waals surface area contributed by atoms with Crippen LogP contribution in [-0.2, 0) is 10.3 Å². The molecule has 98 valence electrons. The van der Waals surface area contributed by atoms with Crippen LogP contribution in [0.5, 0.6) is 0 Å². The summed E-state index contributed by atoms with van der Waals surface area (Å²) >= 11 is 0. The average Bonchev–Trinajstić information content (AvgIpc) is 2.34. The highest BCUT2D eigenvalue weighted by Gasteiger charge is 2.33. The Labute approximate surface area is 112 Å². The number of amides is 1. The van der Waals surface area contributed by atoms with Crippen LogP contribution >= 0.6 is 0 Å². The third kappa shape index (κ3) is 2.45. The summed E-state index contributed by atoms with van der Waals surface area (Å²) in [7, 11) is 0. The molecule has 1 aliphatic rings. The maximum atomic E-state index is 11.4. The van der Waals surface area contributed by atoms with Crippen LogP contribution in [0.4, 0.5) is 10.5 Å². The standard InChI is InChI=1S/C15H16N2O2/c1-4-10(7-8-16)11-5-6-13-12(9-11)15(2,3)19-14(18)17-13/h5-7,9H,4H2,1-3H3,(H,17,18)/b10-7-. The molecule has 0 atom stereocenters. The summed E-state index contributed by atoms with van der Waals surface area (Å²) in [4.78, 5) is 11.4. The molecule has 0 aromatic heterocycles. The number of nitriles is 1. The molecular formula is C15H16N2O2. The minimum absolute atomic E-state index is 0.437. The van der Waals surface area contributed by atoms with E-state index in [1.54, 1.807) is 6.08 Å². The molecule has 1 aromatic rings. The zero-order valence-electron chi connectivity index (χ0n) is 11.3. The molecule has 0 saturated carbocycles. The first-order valence-corrected chi connectivity index (χ1v) is 6.21. The van der Waals surface area contributed by atoms with E-state index >= 15 is 0 Å². The zero-order chi connectivity index (χ0) is 14.0. The number of allylic oxidation sites excluding steroid dienone is 2. The second-order valence-electron chi connectivity index (χ2n) is 4.94. The van der Waals surface area contributed by atoms with Crippen molar-refractivity contribution in [3.63, 3.8) is 0 Å². The molecule has 1 heterocycles. The number of nitrogens with one attached hydrogen (secondary N) is 1. The molecule has 0 aliphatic carbocycles. The molecule has 0 fully saturated rings. The van der Waals surface area contributed by atoms with E-state index in [9.17, 15) is 4.79 Å². The Morgan fingerprint density at radius 1 is 1.53 bits per heavy atom. The van der Waals surface area contributed by atoms with Gasteiger partial charge >= 0.3 is 6.09 Å². The lowest BCUT2D eigenvalue weighted by atomic mass is 9.90. The van der Waals surface area contributed by atoms with Gasteiger partial charge in [-0.05, 0) is 43.5 Å². The fourth-order valence-corrected chi connectivity index (χ4v) is 2.24. The van der Waals surface area contributed by atoms with Gasteiger partial charge in [0.05, 0.1) is 11.8 Å². The summed E-state index contributed by atoms with van der Waals surface area (Å²) < 4.78 is 5.29. The van der Waals surface area contributed by atoms with Gasteiger partial charge in [0, 0.05) is 11.6 Å². The maximum absolute atomic E-state index is 11.4. The lowest BCUT2D eigenvalue weighted by Gasteiger charge is -2.32. The van der Waals surface area contributed by atoms with Crippen LogP contribution in [0.25, 0.3) is 5.57 Å². The predicted molar refractivity (Wildman–Crippen MR) is 73.5 cm³/mol. The number of carbonyl (C=O) groups excluding carboxylic acids is 1. The molecule has 1 N–H and O–H groups in total. The van der Waals surface area contributed by atoms with Crippen molar-refractivity contribution in [1.82, 2.24) is 0 Å². The summed E-state index contributed by atoms with van der Waals surface area (Å²) in [6, 6.07) is 7.80. The molecule has 0 unspecified atom stereocenters. The Balaban J connectivity index is 2.53. The second kappa shape index (κ2) is 4.77. The third-order valence-corrected chi connectivity index (χ3v) is 3.24. The van der Waals surface area contributed by atoms with Crippen LogP contribution in [0.1, 0.15) is 38.3 Å². The molecule has 1 aromatic carbocycles. The summed E-state index contributed by atoms with van der Waals surface area (Å²) in [6.45, 7) is 5.72. The van der Waals surface area contributed by atoms with Crippen LogP contribution in [0.2, 0.25) is 0 Å². The fourth-order valence-electron chi connectivity index (χ4n) is 2.24. The normalized spacial score (nSPS) is 16.9. The minimum atomic E-state index is -0.667. The number of ether oxygens (including phenoxy) is 1. The Morgan fingerprint density at radius 2 is 2.26 bits per heavy atom. The Bertz CT molecular complexity index is 595. The highest BCUT2D eigenvalue weighted by Crippen LogP contribution is 2.37. The number of hydrogen-bond donors (Lipinski definition) is 1. The smallest absolute Gasteiger partial charge is 0.412 e. The number of cyclic esters (lactones) is 1. The van der Waals surface area contributed by atoms with E-state index in [-0.39, 0.29) is 0 Å². The molecular weight excluding hydrogens is 240 g/mol. The van der Waals surface area contributed by atoms with Crippen LogP contribution in [0.3, 0.4) is 0 Å². The molecule has 1 amide bonds. The van der Waals surface area contributed by atoms with Crippen LogP contribution in [-0.4, -0.2) is 6.09 Å². The first-order chi connectivity index (χ1) is 8.97. The second-order valence-corrected chi connectivity index (χ2v) is 4.94. The number of fused-ring (bicyclic) bond motifs is 1. The molecule has 0 saturated heterocycles. The van der Waals surface area contributed by atoms with Crippen molar-refractivity contribution < 1.29 is 9.53 Å². The van der Waals surface area contributed by atoms with Crippen LogP contribution in [0.15, 0.2) is 24.3 Å². The fraction of sp³-hybridized carbons (Fsp3) is 0.333. The lowest BCUT2D eigenvalue weighted by molar-refractivity contribution is 0.0420. The SMILES string of the molecule is CC/C(=C/C#N)c1ccc2c(c1)C(C)(C)OC(=O)N2. The molecule has 19 heavy (non-hydrogen) atoms. The van der Waals surface area contributed by atoms with Gasteiger partial charge in [0.15, 0.2) is 0 Å². The summed E-state index contributed by atoms with van der Waals surface area (Å²) in [5.74, 6) is 0. The predicted octanol–water partition coefficient (Wildman–Crippen LogP) is 3.80. The van der Waals surface area contributed by atoms with E-state index < -0.39 is 11.7 Å². The summed E-state index contributed by atoms with van der Waals surface area (Å²) in [5.41, 5.74) is 2.96. The first kappa shape index (κ1) is 13.2. The van der Waals surface area contributed by atoms with Gasteiger partial charge in [0.25, 0.3) is 0 Å². The molecule has 0 spiro atoms.